The molecule has 0 bridgehead atoms. The molecular formula is C42H46O6. The second-order valence-electron chi connectivity index (χ2n) is 12.8. The van der Waals surface area contributed by atoms with E-state index in [-0.39, 0.29) is 0 Å². The summed E-state index contributed by atoms with van der Waals surface area (Å²) in [7, 11) is 0. The van der Waals surface area contributed by atoms with Gasteiger partial charge in [-0.3, -0.25) is 0 Å². The maximum atomic E-state index is 6.74. The zero-order valence-corrected chi connectivity index (χ0v) is 28.3. The highest BCUT2D eigenvalue weighted by Gasteiger charge is 2.31. The zero-order chi connectivity index (χ0) is 32.7. The standard InChI is InChI=1S/C42H46O6/c1-3-5-7-13-19-43-41-33-25-45-37-21-29-15-9-11-17-31(29)23-39(37)47-27-35(33)42(44-20-14-8-6-4-2)36-28-48-40-24-32-18-12-10-16-30(32)22-38(40)46-26-34(36)41/h9-12,15-18,21-24H,3-8,13-14,19-20,25-28H2,1-2H3. The van der Waals surface area contributed by atoms with E-state index in [1.165, 1.54) is 25.7 Å². The van der Waals surface area contributed by atoms with E-state index in [1.54, 1.807) is 0 Å². The number of hydrogen-bond donors (Lipinski definition) is 0. The van der Waals surface area contributed by atoms with Crippen molar-refractivity contribution in [1.82, 2.24) is 0 Å². The second kappa shape index (κ2) is 15.1. The maximum absolute atomic E-state index is 6.74. The van der Waals surface area contributed by atoms with Crippen molar-refractivity contribution in [2.75, 3.05) is 13.2 Å². The van der Waals surface area contributed by atoms with Gasteiger partial charge < -0.3 is 28.4 Å². The predicted molar refractivity (Wildman–Crippen MR) is 191 cm³/mol. The molecule has 0 saturated carbocycles. The summed E-state index contributed by atoms with van der Waals surface area (Å²) >= 11 is 0. The molecule has 0 aromatic heterocycles. The van der Waals surface area contributed by atoms with E-state index in [4.69, 9.17) is 28.4 Å². The van der Waals surface area contributed by atoms with Crippen LogP contribution < -0.4 is 28.4 Å². The Morgan fingerprint density at radius 2 is 0.750 bits per heavy atom. The van der Waals surface area contributed by atoms with E-state index in [9.17, 15) is 0 Å². The highest BCUT2D eigenvalue weighted by atomic mass is 16.5. The van der Waals surface area contributed by atoms with Crippen molar-refractivity contribution in [3.63, 3.8) is 0 Å². The zero-order valence-electron chi connectivity index (χ0n) is 28.3. The van der Waals surface area contributed by atoms with Crippen LogP contribution in [0.2, 0.25) is 0 Å². The Morgan fingerprint density at radius 1 is 0.438 bits per heavy atom. The van der Waals surface area contributed by atoms with Crippen LogP contribution in [0.1, 0.15) is 87.5 Å². The minimum absolute atomic E-state index is 0.329. The molecule has 0 aliphatic carbocycles. The molecule has 250 valence electrons. The van der Waals surface area contributed by atoms with Gasteiger partial charge >= 0.3 is 0 Å². The lowest BCUT2D eigenvalue weighted by Gasteiger charge is -2.30. The molecule has 0 saturated heterocycles. The first kappa shape index (κ1) is 32.0. The van der Waals surface area contributed by atoms with Crippen LogP contribution in [0.15, 0.2) is 72.8 Å². The average Bonchev–Trinajstić information content (AvgIpc) is 3.09. The third kappa shape index (κ3) is 6.85. The summed E-state index contributed by atoms with van der Waals surface area (Å²) in [5, 5.41) is 4.44. The highest BCUT2D eigenvalue weighted by Crippen LogP contribution is 2.46. The monoisotopic (exact) mass is 646 g/mol. The Balaban J connectivity index is 1.31. The van der Waals surface area contributed by atoms with E-state index in [1.807, 2.05) is 24.3 Å². The fourth-order valence-corrected chi connectivity index (χ4v) is 6.73. The third-order valence-corrected chi connectivity index (χ3v) is 9.43. The van der Waals surface area contributed by atoms with Gasteiger partial charge in [0.25, 0.3) is 0 Å². The van der Waals surface area contributed by atoms with Gasteiger partial charge in [-0.1, -0.05) is 101 Å². The van der Waals surface area contributed by atoms with Crippen LogP contribution in [-0.4, -0.2) is 13.2 Å². The smallest absolute Gasteiger partial charge is 0.162 e. The van der Waals surface area contributed by atoms with Gasteiger partial charge in [-0.2, -0.15) is 0 Å². The molecule has 6 nitrogen and oxygen atoms in total. The van der Waals surface area contributed by atoms with E-state index in [2.05, 4.69) is 62.4 Å². The van der Waals surface area contributed by atoms with Gasteiger partial charge in [-0.15, -0.1) is 0 Å². The van der Waals surface area contributed by atoms with Crippen molar-refractivity contribution in [3.8, 4) is 34.5 Å². The molecule has 2 aliphatic rings. The van der Waals surface area contributed by atoms with Crippen LogP contribution in [-0.2, 0) is 26.4 Å². The Kier molecular flexibility index (Phi) is 10.1. The lowest BCUT2D eigenvalue weighted by molar-refractivity contribution is 0.202. The lowest BCUT2D eigenvalue weighted by Crippen LogP contribution is -2.20. The maximum Gasteiger partial charge on any atom is 0.162 e. The first-order valence-electron chi connectivity index (χ1n) is 17.7. The van der Waals surface area contributed by atoms with Gasteiger partial charge in [0.05, 0.1) is 13.2 Å². The number of unbranched alkanes of at least 4 members (excludes halogenated alkanes) is 6. The van der Waals surface area contributed by atoms with E-state index in [0.717, 1.165) is 104 Å². The normalized spacial score (nSPS) is 13.5. The van der Waals surface area contributed by atoms with Crippen LogP contribution in [0, 0.1) is 0 Å². The first-order chi connectivity index (χ1) is 23.7. The summed E-state index contributed by atoms with van der Waals surface area (Å²) in [4.78, 5) is 0. The first-order valence-corrected chi connectivity index (χ1v) is 17.7. The Hall–Kier alpha value is -4.58. The van der Waals surface area contributed by atoms with E-state index in [0.29, 0.717) is 39.6 Å². The van der Waals surface area contributed by atoms with Crippen molar-refractivity contribution < 1.29 is 28.4 Å². The SMILES string of the molecule is CCCCCCOc1c2c(c(OCCCCCC)c3c1COc1cc4ccccc4cc1OC3)COc1cc3ccccc3cc1OC2. The van der Waals surface area contributed by atoms with Gasteiger partial charge in [-0.25, -0.2) is 0 Å². The van der Waals surface area contributed by atoms with Crippen LogP contribution >= 0.6 is 0 Å². The molecule has 5 aromatic rings. The number of benzene rings is 5. The van der Waals surface area contributed by atoms with Crippen molar-refractivity contribution in [1.29, 1.82) is 0 Å². The van der Waals surface area contributed by atoms with Crippen LogP contribution in [0.3, 0.4) is 0 Å². The largest absolute Gasteiger partial charge is 0.493 e. The Bertz CT molecular complexity index is 1620. The van der Waals surface area contributed by atoms with E-state index >= 15 is 0 Å². The molecule has 0 fully saturated rings. The number of rotatable bonds is 12. The molecule has 6 heteroatoms. The van der Waals surface area contributed by atoms with Crippen molar-refractivity contribution >= 4 is 21.5 Å². The number of hydrogen-bond acceptors (Lipinski definition) is 6. The fraction of sp³-hybridized carbons (Fsp3) is 0.381. The van der Waals surface area contributed by atoms with Gasteiger partial charge in [0, 0.05) is 22.3 Å². The summed E-state index contributed by atoms with van der Waals surface area (Å²) in [5.41, 5.74) is 3.81. The van der Waals surface area contributed by atoms with Crippen LogP contribution in [0.4, 0.5) is 0 Å². The number of ether oxygens (including phenoxy) is 6. The minimum atomic E-state index is 0.329. The average molecular weight is 647 g/mol. The summed E-state index contributed by atoms with van der Waals surface area (Å²) in [6, 6.07) is 24.8. The lowest BCUT2D eigenvalue weighted by atomic mass is 9.95. The Labute approximate surface area is 283 Å². The molecule has 7 rings (SSSR count). The quantitative estimate of drug-likeness (QED) is 0.126. The van der Waals surface area contributed by atoms with Crippen molar-refractivity contribution in [2.45, 2.75) is 91.6 Å². The minimum Gasteiger partial charge on any atom is -0.493 e. The summed E-state index contributed by atoms with van der Waals surface area (Å²) in [5.74, 6) is 4.50. The molecule has 2 aliphatic heterocycles. The van der Waals surface area contributed by atoms with Gasteiger partial charge in [0.2, 0.25) is 0 Å². The van der Waals surface area contributed by atoms with Gasteiger partial charge in [-0.05, 0) is 58.7 Å². The summed E-state index contributed by atoms with van der Waals surface area (Å²) in [6.07, 6.45) is 8.93. The molecule has 0 unspecified atom stereocenters. The molecular weight excluding hydrogens is 600 g/mol. The molecule has 0 spiro atoms. The third-order valence-electron chi connectivity index (χ3n) is 9.43. The van der Waals surface area contributed by atoms with Gasteiger partial charge in [0.15, 0.2) is 23.0 Å². The van der Waals surface area contributed by atoms with Gasteiger partial charge in [0.1, 0.15) is 37.9 Å². The Morgan fingerprint density at radius 3 is 1.04 bits per heavy atom. The molecule has 2 heterocycles. The molecule has 0 atom stereocenters. The molecule has 0 radical (unpaired) electrons. The number of fused-ring (bicyclic) bond motifs is 6. The second-order valence-corrected chi connectivity index (χ2v) is 12.8. The highest BCUT2D eigenvalue weighted by molar-refractivity contribution is 5.87. The van der Waals surface area contributed by atoms with Crippen molar-refractivity contribution in [2.24, 2.45) is 0 Å². The van der Waals surface area contributed by atoms with Crippen LogP contribution in [0.25, 0.3) is 21.5 Å². The predicted octanol–water partition coefficient (Wildman–Crippen LogP) is 10.9. The summed E-state index contributed by atoms with van der Waals surface area (Å²) in [6.45, 7) is 6.99. The molecule has 0 N–H and O–H groups in total. The topological polar surface area (TPSA) is 55.4 Å². The van der Waals surface area contributed by atoms with Crippen molar-refractivity contribution in [3.05, 3.63) is 95.1 Å². The molecule has 48 heavy (non-hydrogen) atoms. The molecule has 0 amide bonds. The van der Waals surface area contributed by atoms with E-state index < -0.39 is 0 Å². The summed E-state index contributed by atoms with van der Waals surface area (Å²) < 4.78 is 39.8. The van der Waals surface area contributed by atoms with Crippen LogP contribution in [0.5, 0.6) is 34.5 Å². The fourth-order valence-electron chi connectivity index (χ4n) is 6.73. The molecule has 5 aromatic carbocycles.